The average molecular weight is 537 g/mol. The number of halogens is 1. The summed E-state index contributed by atoms with van der Waals surface area (Å²) >= 11 is 4.68. The van der Waals surface area contributed by atoms with Crippen LogP contribution in [0.2, 0.25) is 0 Å². The van der Waals surface area contributed by atoms with Crippen LogP contribution in [-0.2, 0) is 6.61 Å². The topological polar surface area (TPSA) is 107 Å². The zero-order valence-electron chi connectivity index (χ0n) is 18.0. The number of anilines is 1. The van der Waals surface area contributed by atoms with Gasteiger partial charge < -0.3 is 10.6 Å². The van der Waals surface area contributed by atoms with E-state index >= 15 is 0 Å². The van der Waals surface area contributed by atoms with Crippen LogP contribution in [0.15, 0.2) is 93.6 Å². The van der Waals surface area contributed by atoms with Gasteiger partial charge in [0.05, 0.1) is 12.0 Å². The third-order valence-corrected chi connectivity index (χ3v) is 6.10. The number of nitrogen functional groups attached to an aromatic ring is 1. The molecule has 34 heavy (non-hydrogen) atoms. The van der Waals surface area contributed by atoms with E-state index in [9.17, 15) is 4.79 Å². The van der Waals surface area contributed by atoms with E-state index in [0.717, 1.165) is 15.6 Å². The number of carbonyl (C=O) groups is 1. The molecule has 0 saturated carbocycles. The van der Waals surface area contributed by atoms with E-state index < -0.39 is 0 Å². The molecule has 0 amide bonds. The number of ketones is 1. The minimum atomic E-state index is -0.0133. The highest BCUT2D eigenvalue weighted by Gasteiger charge is 2.13. The van der Waals surface area contributed by atoms with Crippen LogP contribution >= 0.6 is 27.7 Å². The van der Waals surface area contributed by atoms with Crippen LogP contribution < -0.4 is 16.0 Å². The van der Waals surface area contributed by atoms with Crippen molar-refractivity contribution in [3.63, 3.8) is 0 Å². The largest absolute Gasteiger partial charge is 0.488 e. The molecular weight excluding hydrogens is 516 g/mol. The quantitative estimate of drug-likeness (QED) is 0.0988. The van der Waals surface area contributed by atoms with Crippen LogP contribution in [-0.4, -0.2) is 32.6 Å². The summed E-state index contributed by atoms with van der Waals surface area (Å²) in [5, 5.41) is 12.6. The van der Waals surface area contributed by atoms with Crippen LogP contribution in [0.3, 0.4) is 0 Å². The molecule has 0 radical (unpaired) electrons. The second-order valence-electron chi connectivity index (χ2n) is 7.08. The van der Waals surface area contributed by atoms with E-state index in [4.69, 9.17) is 10.6 Å². The molecular formula is C24H21BrN6O2S. The third kappa shape index (κ3) is 6.24. The number of hydrazone groups is 1. The Morgan fingerprint density at radius 2 is 1.88 bits per heavy atom. The lowest BCUT2D eigenvalue weighted by Gasteiger charge is -2.09. The number of hydrogen-bond donors (Lipinski definition) is 2. The van der Waals surface area contributed by atoms with Gasteiger partial charge in [-0.05, 0) is 29.8 Å². The molecule has 0 aliphatic rings. The van der Waals surface area contributed by atoms with Gasteiger partial charge in [0.15, 0.2) is 5.78 Å². The number of nitrogens with zero attached hydrogens (tertiary/aromatic N) is 4. The molecule has 0 unspecified atom stereocenters. The van der Waals surface area contributed by atoms with Gasteiger partial charge in [-0.15, -0.1) is 10.2 Å². The molecule has 0 fully saturated rings. The normalized spacial score (nSPS) is 11.0. The molecule has 0 saturated heterocycles. The number of para-hydroxylation sites is 1. The first-order valence-corrected chi connectivity index (χ1v) is 12.0. The Labute approximate surface area is 209 Å². The lowest BCUT2D eigenvalue weighted by molar-refractivity contribution is 0.102. The first kappa shape index (κ1) is 23.5. The summed E-state index contributed by atoms with van der Waals surface area (Å²) in [4.78, 5) is 12.3. The molecule has 3 N–H and O–H groups in total. The predicted molar refractivity (Wildman–Crippen MR) is 138 cm³/mol. The van der Waals surface area contributed by atoms with Gasteiger partial charge in [0, 0.05) is 15.6 Å². The zero-order valence-corrected chi connectivity index (χ0v) is 20.4. The maximum Gasteiger partial charge on any atom is 0.264 e. The first-order chi connectivity index (χ1) is 16.6. The highest BCUT2D eigenvalue weighted by atomic mass is 79.9. The van der Waals surface area contributed by atoms with Crippen molar-refractivity contribution in [1.82, 2.24) is 14.9 Å². The lowest BCUT2D eigenvalue weighted by atomic mass is 10.2. The van der Waals surface area contributed by atoms with E-state index in [-0.39, 0.29) is 17.5 Å². The summed E-state index contributed by atoms with van der Waals surface area (Å²) in [6.45, 7) is 0.428. The van der Waals surface area contributed by atoms with Gasteiger partial charge in [-0.25, -0.2) is 10.1 Å². The second-order valence-corrected chi connectivity index (χ2v) is 8.94. The summed E-state index contributed by atoms with van der Waals surface area (Å²) in [6, 6.07) is 24.6. The molecule has 1 aromatic heterocycles. The number of thioether (sulfide) groups is 1. The van der Waals surface area contributed by atoms with Crippen LogP contribution in [0, 0.1) is 0 Å². The lowest BCUT2D eigenvalue weighted by Crippen LogP contribution is -2.14. The summed E-state index contributed by atoms with van der Waals surface area (Å²) in [5.74, 6) is 7.18. The van der Waals surface area contributed by atoms with Gasteiger partial charge in [0.2, 0.25) is 5.16 Å². The average Bonchev–Trinajstić information content (AvgIpc) is 3.21. The molecule has 0 spiro atoms. The Morgan fingerprint density at radius 1 is 1.09 bits per heavy atom. The van der Waals surface area contributed by atoms with Crippen molar-refractivity contribution in [2.24, 2.45) is 5.10 Å². The minimum absolute atomic E-state index is 0.0133. The number of nitrogens with two attached hydrogens (primary N) is 1. The molecule has 8 nitrogen and oxygen atoms in total. The second kappa shape index (κ2) is 11.5. The number of benzene rings is 3. The Bertz CT molecular complexity index is 1300. The monoisotopic (exact) mass is 536 g/mol. The van der Waals surface area contributed by atoms with E-state index in [1.807, 2.05) is 66.7 Å². The van der Waals surface area contributed by atoms with Gasteiger partial charge in [-0.1, -0.05) is 82.3 Å². The van der Waals surface area contributed by atoms with E-state index in [2.05, 4.69) is 36.7 Å². The van der Waals surface area contributed by atoms with Crippen molar-refractivity contribution in [2.45, 2.75) is 11.8 Å². The van der Waals surface area contributed by atoms with E-state index in [1.165, 1.54) is 16.4 Å². The molecule has 3 aromatic carbocycles. The molecule has 172 valence electrons. The van der Waals surface area contributed by atoms with Crippen LogP contribution in [0.1, 0.15) is 21.5 Å². The number of carbonyl (C=O) groups excluding carboxylic acids is 1. The van der Waals surface area contributed by atoms with Gasteiger partial charge >= 0.3 is 0 Å². The molecule has 0 aliphatic carbocycles. The Hall–Kier alpha value is -3.63. The smallest absolute Gasteiger partial charge is 0.264 e. The number of Topliss-reactive ketones (excluding diaryl/α,β-unsaturated/α-hetero) is 1. The SMILES string of the molecule is Nn1c(N/N=C/c2ccccc2OCc2cccc(Br)c2)nnc1SCC(=O)c1ccccc1. The number of hydrogen-bond acceptors (Lipinski definition) is 8. The van der Waals surface area contributed by atoms with Crippen molar-refractivity contribution < 1.29 is 9.53 Å². The Morgan fingerprint density at radius 3 is 2.71 bits per heavy atom. The van der Waals surface area contributed by atoms with Gasteiger partial charge in [0.1, 0.15) is 12.4 Å². The maximum absolute atomic E-state index is 12.3. The number of rotatable bonds is 10. The number of nitrogens with one attached hydrogen (secondary N) is 1. The third-order valence-electron chi connectivity index (χ3n) is 4.66. The molecule has 10 heteroatoms. The molecule has 0 aliphatic heterocycles. The fourth-order valence-corrected chi connectivity index (χ4v) is 4.15. The number of ether oxygens (including phenoxy) is 1. The molecule has 0 bridgehead atoms. The van der Waals surface area contributed by atoms with E-state index in [0.29, 0.717) is 23.1 Å². The summed E-state index contributed by atoms with van der Waals surface area (Å²) < 4.78 is 8.23. The zero-order chi connectivity index (χ0) is 23.8. The molecule has 4 aromatic rings. The van der Waals surface area contributed by atoms with Crippen LogP contribution in [0.4, 0.5) is 5.95 Å². The van der Waals surface area contributed by atoms with Crippen molar-refractivity contribution in [2.75, 3.05) is 17.0 Å². The minimum Gasteiger partial charge on any atom is -0.488 e. The highest BCUT2D eigenvalue weighted by Crippen LogP contribution is 2.20. The van der Waals surface area contributed by atoms with E-state index in [1.54, 1.807) is 18.3 Å². The fourth-order valence-electron chi connectivity index (χ4n) is 2.96. The van der Waals surface area contributed by atoms with Crippen LogP contribution in [0.5, 0.6) is 5.75 Å². The standard InChI is InChI=1S/C24H21BrN6O2S/c25-20-11-6-7-17(13-20)15-33-22-12-5-4-10-19(22)14-27-28-23-29-30-24(31(23)26)34-16-21(32)18-8-2-1-3-9-18/h1-14H,15-16,26H2,(H,28,29)/b27-14+. The van der Waals surface area contributed by atoms with Gasteiger partial charge in [-0.3, -0.25) is 4.79 Å². The van der Waals surface area contributed by atoms with Crippen molar-refractivity contribution in [1.29, 1.82) is 0 Å². The van der Waals surface area contributed by atoms with Crippen molar-refractivity contribution >= 4 is 45.6 Å². The highest BCUT2D eigenvalue weighted by molar-refractivity contribution is 9.10. The first-order valence-electron chi connectivity index (χ1n) is 10.3. The predicted octanol–water partition coefficient (Wildman–Crippen LogP) is 4.75. The Balaban J connectivity index is 1.35. The molecule has 4 rings (SSSR count). The molecule has 1 heterocycles. The Kier molecular flexibility index (Phi) is 7.95. The van der Waals surface area contributed by atoms with Crippen molar-refractivity contribution in [3.05, 3.63) is 100 Å². The van der Waals surface area contributed by atoms with Crippen LogP contribution in [0.25, 0.3) is 0 Å². The van der Waals surface area contributed by atoms with Gasteiger partial charge in [-0.2, -0.15) is 5.10 Å². The molecule has 0 atom stereocenters. The summed E-state index contributed by atoms with van der Waals surface area (Å²) in [7, 11) is 0. The van der Waals surface area contributed by atoms with Crippen molar-refractivity contribution in [3.8, 4) is 5.75 Å². The summed E-state index contributed by atoms with van der Waals surface area (Å²) in [6.07, 6.45) is 1.62. The summed E-state index contributed by atoms with van der Waals surface area (Å²) in [5.41, 5.74) is 5.26. The van der Waals surface area contributed by atoms with Gasteiger partial charge in [0.25, 0.3) is 5.95 Å². The fraction of sp³-hybridized carbons (Fsp3) is 0.0833. The maximum atomic E-state index is 12.3. The number of aromatic nitrogens is 3.